The van der Waals surface area contributed by atoms with Crippen LogP contribution >= 0.6 is 0 Å². The van der Waals surface area contributed by atoms with Crippen molar-refractivity contribution in [3.05, 3.63) is 78.8 Å². The lowest BCUT2D eigenvalue weighted by Gasteiger charge is -2.42. The van der Waals surface area contributed by atoms with Gasteiger partial charge in [0.1, 0.15) is 11.8 Å². The number of benzene rings is 1. The van der Waals surface area contributed by atoms with Crippen molar-refractivity contribution in [2.24, 2.45) is 5.73 Å². The predicted molar refractivity (Wildman–Crippen MR) is 139 cm³/mol. The number of rotatable bonds is 6. The maximum Gasteiger partial charge on any atom is 0.165 e. The fraction of sp³-hybridized carbons (Fsp3) is 0.269. The van der Waals surface area contributed by atoms with Gasteiger partial charge in [-0.2, -0.15) is 5.10 Å². The molecule has 0 spiro atoms. The van der Waals surface area contributed by atoms with Crippen LogP contribution in [0.1, 0.15) is 18.4 Å². The lowest BCUT2D eigenvalue weighted by molar-refractivity contribution is 0.290. The SMILES string of the molecule is Nc1ncnc2c1ncn2Cc1cc(-c2ccc(F)c(F)c2)ncc1N1CCC[C@](N)(Cn2cccn2)C1. The van der Waals surface area contributed by atoms with E-state index in [0.29, 0.717) is 47.9 Å². The van der Waals surface area contributed by atoms with E-state index in [-0.39, 0.29) is 0 Å². The lowest BCUT2D eigenvalue weighted by atomic mass is 9.89. The highest BCUT2D eigenvalue weighted by molar-refractivity contribution is 5.81. The standard InChI is InChI=1S/C26H26F2N10/c27-19-4-3-17(9-20(19)28)21-10-18(12-37-16-34-23-24(29)32-15-33-25(23)37)22(11-31-21)36-7-1-5-26(30,13-36)14-38-8-2-6-35-38/h2-4,6,8-11,15-16H,1,5,7,12-14,30H2,(H2,29,32,33)/t26-/m1/s1. The van der Waals surface area contributed by atoms with Crippen molar-refractivity contribution in [2.75, 3.05) is 23.7 Å². The molecule has 6 rings (SSSR count). The molecule has 1 saturated heterocycles. The molecule has 1 fully saturated rings. The second kappa shape index (κ2) is 9.45. The summed E-state index contributed by atoms with van der Waals surface area (Å²) in [7, 11) is 0. The van der Waals surface area contributed by atoms with Crippen molar-refractivity contribution in [3.63, 3.8) is 0 Å². The highest BCUT2D eigenvalue weighted by Gasteiger charge is 2.33. The Hall–Kier alpha value is -4.45. The van der Waals surface area contributed by atoms with Gasteiger partial charge in [-0.25, -0.2) is 23.7 Å². The molecule has 4 N–H and O–H groups in total. The van der Waals surface area contributed by atoms with E-state index in [1.165, 1.54) is 12.4 Å². The number of nitrogens with two attached hydrogens (primary N) is 2. The van der Waals surface area contributed by atoms with Crippen molar-refractivity contribution >= 4 is 22.7 Å². The molecule has 4 aromatic heterocycles. The van der Waals surface area contributed by atoms with Gasteiger partial charge in [-0.3, -0.25) is 9.67 Å². The average molecular weight is 517 g/mol. The Kier molecular flexibility index (Phi) is 5.95. The molecule has 38 heavy (non-hydrogen) atoms. The summed E-state index contributed by atoms with van der Waals surface area (Å²) in [4.78, 5) is 19.6. The maximum absolute atomic E-state index is 14.0. The summed E-state index contributed by atoms with van der Waals surface area (Å²) in [6.45, 7) is 2.40. The Morgan fingerprint density at radius 2 is 1.95 bits per heavy atom. The molecule has 0 aliphatic carbocycles. The first-order valence-electron chi connectivity index (χ1n) is 12.3. The van der Waals surface area contributed by atoms with Gasteiger partial charge in [0.2, 0.25) is 0 Å². The van der Waals surface area contributed by atoms with Crippen molar-refractivity contribution in [1.29, 1.82) is 0 Å². The summed E-state index contributed by atoms with van der Waals surface area (Å²) >= 11 is 0. The summed E-state index contributed by atoms with van der Waals surface area (Å²) in [5.74, 6) is -1.53. The van der Waals surface area contributed by atoms with E-state index >= 15 is 0 Å². The van der Waals surface area contributed by atoms with Gasteiger partial charge >= 0.3 is 0 Å². The molecule has 12 heteroatoms. The molecule has 1 atom stereocenters. The van der Waals surface area contributed by atoms with Gasteiger partial charge in [0, 0.05) is 31.0 Å². The highest BCUT2D eigenvalue weighted by atomic mass is 19.2. The number of hydrogen-bond acceptors (Lipinski definition) is 8. The summed E-state index contributed by atoms with van der Waals surface area (Å²) in [6, 6.07) is 7.54. The molecule has 1 aromatic carbocycles. The van der Waals surface area contributed by atoms with Crippen molar-refractivity contribution in [2.45, 2.75) is 31.5 Å². The lowest BCUT2D eigenvalue weighted by Crippen LogP contribution is -2.57. The minimum atomic E-state index is -0.926. The first-order chi connectivity index (χ1) is 18.4. The Morgan fingerprint density at radius 3 is 2.76 bits per heavy atom. The largest absolute Gasteiger partial charge is 0.382 e. The van der Waals surface area contributed by atoms with Crippen molar-refractivity contribution < 1.29 is 8.78 Å². The van der Waals surface area contributed by atoms with E-state index in [1.807, 2.05) is 27.6 Å². The molecule has 194 valence electrons. The monoisotopic (exact) mass is 516 g/mol. The van der Waals surface area contributed by atoms with Crippen LogP contribution in [0, 0.1) is 11.6 Å². The Morgan fingerprint density at radius 1 is 1.05 bits per heavy atom. The number of imidazole rings is 1. The molecule has 0 radical (unpaired) electrons. The minimum absolute atomic E-state index is 0.300. The number of nitrogens with zero attached hydrogens (tertiary/aromatic N) is 8. The fourth-order valence-corrected chi connectivity index (χ4v) is 5.12. The molecule has 5 aromatic rings. The molecule has 0 unspecified atom stereocenters. The second-order valence-electron chi connectivity index (χ2n) is 9.72. The summed E-state index contributed by atoms with van der Waals surface area (Å²) < 4.78 is 31.4. The number of pyridine rings is 1. The molecule has 0 saturated carbocycles. The number of aromatic nitrogens is 7. The molecule has 1 aliphatic heterocycles. The third-order valence-electron chi connectivity index (χ3n) is 6.94. The van der Waals surface area contributed by atoms with Crippen LogP contribution in [0.5, 0.6) is 0 Å². The third-order valence-corrected chi connectivity index (χ3v) is 6.94. The Labute approximate surface area is 217 Å². The zero-order valence-corrected chi connectivity index (χ0v) is 20.5. The van der Waals surface area contributed by atoms with Crippen molar-refractivity contribution in [1.82, 2.24) is 34.3 Å². The molecule has 5 heterocycles. The van der Waals surface area contributed by atoms with Crippen LogP contribution in [0.2, 0.25) is 0 Å². The van der Waals surface area contributed by atoms with E-state index in [0.717, 1.165) is 42.8 Å². The summed E-state index contributed by atoms with van der Waals surface area (Å²) in [5, 5.41) is 4.33. The van der Waals surface area contributed by atoms with Crippen LogP contribution in [0.25, 0.3) is 22.4 Å². The first-order valence-corrected chi connectivity index (χ1v) is 12.3. The molecule has 0 amide bonds. The zero-order valence-electron chi connectivity index (χ0n) is 20.5. The maximum atomic E-state index is 14.0. The zero-order chi connectivity index (χ0) is 26.3. The fourth-order valence-electron chi connectivity index (χ4n) is 5.12. The van der Waals surface area contributed by atoms with Gasteiger partial charge in [-0.1, -0.05) is 0 Å². The molecule has 1 aliphatic rings. The van der Waals surface area contributed by atoms with Crippen LogP contribution in [-0.2, 0) is 13.1 Å². The van der Waals surface area contributed by atoms with Crippen LogP contribution in [0.15, 0.2) is 61.6 Å². The summed E-state index contributed by atoms with van der Waals surface area (Å²) in [5.41, 5.74) is 16.3. The Bertz CT molecular complexity index is 1600. The third kappa shape index (κ3) is 4.54. The highest BCUT2D eigenvalue weighted by Crippen LogP contribution is 2.32. The van der Waals surface area contributed by atoms with Gasteiger partial charge < -0.3 is 20.9 Å². The first kappa shape index (κ1) is 23.9. The van der Waals surface area contributed by atoms with Crippen LogP contribution in [0.4, 0.5) is 20.3 Å². The predicted octanol–water partition coefficient (Wildman–Crippen LogP) is 2.99. The van der Waals surface area contributed by atoms with Crippen LogP contribution in [-0.4, -0.2) is 52.9 Å². The van der Waals surface area contributed by atoms with Gasteiger partial charge in [0.05, 0.1) is 42.5 Å². The van der Waals surface area contributed by atoms with Gasteiger partial charge in [0.25, 0.3) is 0 Å². The number of nitrogen functional groups attached to an aromatic ring is 1. The Balaban J connectivity index is 1.39. The van der Waals surface area contributed by atoms with Crippen molar-refractivity contribution in [3.8, 4) is 11.3 Å². The topological polar surface area (TPSA) is 130 Å². The van der Waals surface area contributed by atoms with E-state index in [9.17, 15) is 8.78 Å². The second-order valence-corrected chi connectivity index (χ2v) is 9.72. The number of hydrogen-bond donors (Lipinski definition) is 2. The average Bonchev–Trinajstić information content (AvgIpc) is 3.56. The van der Waals surface area contributed by atoms with E-state index < -0.39 is 17.2 Å². The minimum Gasteiger partial charge on any atom is -0.382 e. The molecule has 0 bridgehead atoms. The molecular formula is C26H26F2N10. The number of anilines is 2. The summed E-state index contributed by atoms with van der Waals surface area (Å²) in [6.07, 6.45) is 10.3. The smallest absolute Gasteiger partial charge is 0.165 e. The van der Waals surface area contributed by atoms with E-state index in [1.54, 1.807) is 18.7 Å². The number of halogens is 2. The molecular weight excluding hydrogens is 490 g/mol. The van der Waals surface area contributed by atoms with Gasteiger partial charge in [-0.15, -0.1) is 0 Å². The quantitative estimate of drug-likeness (QED) is 0.352. The van der Waals surface area contributed by atoms with Crippen LogP contribution < -0.4 is 16.4 Å². The van der Waals surface area contributed by atoms with E-state index in [2.05, 4.69) is 29.9 Å². The van der Waals surface area contributed by atoms with Gasteiger partial charge in [-0.05, 0) is 48.7 Å². The number of fused-ring (bicyclic) bond motifs is 1. The van der Waals surface area contributed by atoms with Gasteiger partial charge in [0.15, 0.2) is 23.1 Å². The number of piperidine rings is 1. The normalized spacial score (nSPS) is 17.8. The molecule has 10 nitrogen and oxygen atoms in total. The van der Waals surface area contributed by atoms with Crippen LogP contribution in [0.3, 0.4) is 0 Å². The van der Waals surface area contributed by atoms with E-state index in [4.69, 9.17) is 11.5 Å².